The first-order chi connectivity index (χ1) is 7.16. The fourth-order valence-electron chi connectivity index (χ4n) is 1.73. The lowest BCUT2D eigenvalue weighted by Crippen LogP contribution is -2.29. The van der Waals surface area contributed by atoms with Crippen LogP contribution >= 0.6 is 22.6 Å². The topological polar surface area (TPSA) is 40.5 Å². The summed E-state index contributed by atoms with van der Waals surface area (Å²) in [7, 11) is 0. The van der Waals surface area contributed by atoms with Crippen molar-refractivity contribution in [2.45, 2.75) is 12.5 Å². The lowest BCUT2D eigenvalue weighted by molar-refractivity contribution is 0.0765. The van der Waals surface area contributed by atoms with Crippen molar-refractivity contribution in [2.75, 3.05) is 13.1 Å². The quantitative estimate of drug-likeness (QED) is 0.798. The summed E-state index contributed by atoms with van der Waals surface area (Å²) >= 11 is 2.19. The zero-order valence-electron chi connectivity index (χ0n) is 8.19. The Kier molecular flexibility index (Phi) is 3.25. The second-order valence-corrected chi connectivity index (χ2v) is 4.95. The van der Waals surface area contributed by atoms with Gasteiger partial charge in [0.25, 0.3) is 5.91 Å². The molecule has 1 aromatic rings. The molecular formula is C11H12INO2. The lowest BCUT2D eigenvalue weighted by atomic mass is 10.2. The molecule has 1 aromatic carbocycles. The fraction of sp³-hybridized carbons (Fsp3) is 0.364. The number of aliphatic hydroxyl groups excluding tert-OH is 1. The molecule has 1 N–H and O–H groups in total. The molecule has 0 saturated carbocycles. The third-order valence-electron chi connectivity index (χ3n) is 2.52. The normalized spacial score (nSPS) is 20.7. The summed E-state index contributed by atoms with van der Waals surface area (Å²) in [4.78, 5) is 13.7. The van der Waals surface area contributed by atoms with E-state index in [1.165, 1.54) is 0 Å². The largest absolute Gasteiger partial charge is 0.391 e. The summed E-state index contributed by atoms with van der Waals surface area (Å²) in [6.07, 6.45) is 0.340. The molecule has 15 heavy (non-hydrogen) atoms. The summed E-state index contributed by atoms with van der Waals surface area (Å²) in [6.45, 7) is 1.12. The maximum Gasteiger partial charge on any atom is 0.253 e. The first-order valence-electron chi connectivity index (χ1n) is 4.90. The van der Waals surface area contributed by atoms with E-state index in [-0.39, 0.29) is 12.0 Å². The molecule has 1 atom stereocenters. The summed E-state index contributed by atoms with van der Waals surface area (Å²) in [6, 6.07) is 7.51. The van der Waals surface area contributed by atoms with Gasteiger partial charge in [-0.2, -0.15) is 0 Å². The Hall–Kier alpha value is -0.620. The molecule has 0 aromatic heterocycles. The Morgan fingerprint density at radius 3 is 2.93 bits per heavy atom. The van der Waals surface area contributed by atoms with Crippen LogP contribution in [0.25, 0.3) is 0 Å². The van der Waals surface area contributed by atoms with Crippen molar-refractivity contribution in [3.05, 3.63) is 33.4 Å². The fourth-order valence-corrected chi connectivity index (χ4v) is 2.27. The van der Waals surface area contributed by atoms with Gasteiger partial charge >= 0.3 is 0 Å². The number of carbonyl (C=O) groups excluding carboxylic acids is 1. The average molecular weight is 317 g/mol. The molecule has 1 aliphatic heterocycles. The van der Waals surface area contributed by atoms with E-state index in [2.05, 4.69) is 22.6 Å². The van der Waals surface area contributed by atoms with Gasteiger partial charge in [-0.25, -0.2) is 0 Å². The molecule has 0 bridgehead atoms. The summed E-state index contributed by atoms with van der Waals surface area (Å²) in [5.41, 5.74) is 0.705. The highest BCUT2D eigenvalue weighted by Crippen LogP contribution is 2.15. The van der Waals surface area contributed by atoms with Crippen LogP contribution in [0.2, 0.25) is 0 Å². The first-order valence-corrected chi connectivity index (χ1v) is 5.97. The molecule has 1 saturated heterocycles. The predicted molar refractivity (Wildman–Crippen MR) is 65.7 cm³/mol. The summed E-state index contributed by atoms with van der Waals surface area (Å²) < 4.78 is 1.05. The highest BCUT2D eigenvalue weighted by molar-refractivity contribution is 14.1. The number of β-amino-alcohol motifs (C(OH)–C–C–N with tert-alkyl or cyclic N) is 1. The van der Waals surface area contributed by atoms with Crippen LogP contribution in [0.3, 0.4) is 0 Å². The van der Waals surface area contributed by atoms with Crippen molar-refractivity contribution < 1.29 is 9.90 Å². The standard InChI is InChI=1S/C11H12INO2/c12-9-3-1-2-8(6-9)11(15)13-5-4-10(14)7-13/h1-3,6,10,14H,4-5,7H2/t10-/m0/s1. The number of likely N-dealkylation sites (tertiary alicyclic amines) is 1. The Morgan fingerprint density at radius 1 is 1.53 bits per heavy atom. The van der Waals surface area contributed by atoms with Gasteiger partial charge in [-0.15, -0.1) is 0 Å². The first kappa shape index (κ1) is 10.9. The van der Waals surface area contributed by atoms with E-state index in [4.69, 9.17) is 0 Å². The Bertz CT molecular complexity index is 381. The summed E-state index contributed by atoms with van der Waals surface area (Å²) in [5.74, 6) is 0.0186. The minimum atomic E-state index is -0.350. The van der Waals surface area contributed by atoms with Gasteiger partial charge in [-0.3, -0.25) is 4.79 Å². The smallest absolute Gasteiger partial charge is 0.253 e. The number of carbonyl (C=O) groups is 1. The lowest BCUT2D eigenvalue weighted by Gasteiger charge is -2.15. The van der Waals surface area contributed by atoms with Gasteiger partial charge in [-0.05, 0) is 47.2 Å². The van der Waals surface area contributed by atoms with Crippen LogP contribution in [0, 0.1) is 3.57 Å². The van der Waals surface area contributed by atoms with E-state index < -0.39 is 0 Å². The van der Waals surface area contributed by atoms with E-state index in [1.807, 2.05) is 24.3 Å². The van der Waals surface area contributed by atoms with E-state index in [0.717, 1.165) is 3.57 Å². The van der Waals surface area contributed by atoms with Gasteiger partial charge in [0, 0.05) is 22.2 Å². The molecule has 0 unspecified atom stereocenters. The number of amides is 1. The van der Waals surface area contributed by atoms with Crippen LogP contribution in [0.1, 0.15) is 16.8 Å². The number of nitrogens with zero attached hydrogens (tertiary/aromatic N) is 1. The zero-order chi connectivity index (χ0) is 10.8. The third-order valence-corrected chi connectivity index (χ3v) is 3.19. The molecule has 0 aliphatic carbocycles. The van der Waals surface area contributed by atoms with Crippen LogP contribution in [0.15, 0.2) is 24.3 Å². The van der Waals surface area contributed by atoms with Crippen LogP contribution in [-0.2, 0) is 0 Å². The van der Waals surface area contributed by atoms with E-state index in [0.29, 0.717) is 25.1 Å². The number of rotatable bonds is 1. The maximum atomic E-state index is 12.0. The van der Waals surface area contributed by atoms with Crippen LogP contribution in [0.5, 0.6) is 0 Å². The zero-order valence-corrected chi connectivity index (χ0v) is 10.3. The van der Waals surface area contributed by atoms with Crippen molar-refractivity contribution in [1.29, 1.82) is 0 Å². The van der Waals surface area contributed by atoms with Gasteiger partial charge in [0.2, 0.25) is 0 Å². The molecule has 4 heteroatoms. The Labute approximate surface area is 102 Å². The predicted octanol–water partition coefficient (Wildman–Crippen LogP) is 1.50. The Morgan fingerprint density at radius 2 is 2.33 bits per heavy atom. The highest BCUT2D eigenvalue weighted by atomic mass is 127. The molecule has 1 heterocycles. The van der Waals surface area contributed by atoms with E-state index in [9.17, 15) is 9.90 Å². The van der Waals surface area contributed by atoms with Crippen LogP contribution < -0.4 is 0 Å². The number of halogens is 1. The van der Waals surface area contributed by atoms with Gasteiger partial charge < -0.3 is 10.0 Å². The van der Waals surface area contributed by atoms with E-state index >= 15 is 0 Å². The second-order valence-electron chi connectivity index (χ2n) is 3.70. The van der Waals surface area contributed by atoms with Crippen LogP contribution in [0.4, 0.5) is 0 Å². The van der Waals surface area contributed by atoms with Crippen LogP contribution in [-0.4, -0.2) is 35.1 Å². The molecule has 0 spiro atoms. The molecule has 0 radical (unpaired) electrons. The average Bonchev–Trinajstić information content (AvgIpc) is 2.64. The minimum Gasteiger partial charge on any atom is -0.391 e. The second kappa shape index (κ2) is 4.49. The maximum absolute atomic E-state index is 12.0. The summed E-state index contributed by atoms with van der Waals surface area (Å²) in [5, 5.41) is 9.35. The van der Waals surface area contributed by atoms with Crippen molar-refractivity contribution in [3.63, 3.8) is 0 Å². The molecule has 1 aliphatic rings. The molecule has 2 rings (SSSR count). The monoisotopic (exact) mass is 317 g/mol. The van der Waals surface area contributed by atoms with Crippen molar-refractivity contribution in [1.82, 2.24) is 4.90 Å². The van der Waals surface area contributed by atoms with Gasteiger partial charge in [0.05, 0.1) is 6.10 Å². The van der Waals surface area contributed by atoms with Crippen molar-refractivity contribution in [2.24, 2.45) is 0 Å². The highest BCUT2D eigenvalue weighted by Gasteiger charge is 2.25. The number of benzene rings is 1. The minimum absolute atomic E-state index is 0.0186. The number of hydrogen-bond donors (Lipinski definition) is 1. The number of aliphatic hydroxyl groups is 1. The third kappa shape index (κ3) is 2.49. The van der Waals surface area contributed by atoms with Gasteiger partial charge in [0.1, 0.15) is 0 Å². The van der Waals surface area contributed by atoms with Crippen molar-refractivity contribution >= 4 is 28.5 Å². The Balaban J connectivity index is 2.14. The van der Waals surface area contributed by atoms with Crippen molar-refractivity contribution in [3.8, 4) is 0 Å². The SMILES string of the molecule is O=C(c1cccc(I)c1)N1CC[C@H](O)C1. The molecule has 1 fully saturated rings. The van der Waals surface area contributed by atoms with Gasteiger partial charge in [0.15, 0.2) is 0 Å². The molecule has 1 amide bonds. The molecule has 80 valence electrons. The number of hydrogen-bond acceptors (Lipinski definition) is 2. The molecular weight excluding hydrogens is 305 g/mol. The van der Waals surface area contributed by atoms with E-state index in [1.54, 1.807) is 4.90 Å². The molecule has 3 nitrogen and oxygen atoms in total. The van der Waals surface area contributed by atoms with Gasteiger partial charge in [-0.1, -0.05) is 6.07 Å².